The molecule has 1 unspecified atom stereocenters. The van der Waals surface area contributed by atoms with Gasteiger partial charge < -0.3 is 5.32 Å². The highest BCUT2D eigenvalue weighted by molar-refractivity contribution is 9.10. The van der Waals surface area contributed by atoms with Crippen molar-refractivity contribution < 1.29 is 0 Å². The van der Waals surface area contributed by atoms with Crippen LogP contribution in [-0.2, 0) is 6.42 Å². The number of likely N-dealkylation sites (tertiary alicyclic amines) is 1. The van der Waals surface area contributed by atoms with Gasteiger partial charge in [-0.1, -0.05) is 25.5 Å². The van der Waals surface area contributed by atoms with Crippen LogP contribution in [0.4, 0.5) is 5.82 Å². The van der Waals surface area contributed by atoms with Gasteiger partial charge in [0.2, 0.25) is 0 Å². The van der Waals surface area contributed by atoms with Crippen LogP contribution in [0.1, 0.15) is 56.3 Å². The van der Waals surface area contributed by atoms with Gasteiger partial charge in [-0.3, -0.25) is 4.90 Å². The molecule has 1 aromatic carbocycles. The predicted octanol–water partition coefficient (Wildman–Crippen LogP) is 4.93. The SMILES string of the molecule is CCN1CCCCC1c1nn(-c2ccccc2Br)c2c1CCCCN2. The number of fused-ring (bicyclic) bond motifs is 1. The first-order valence-electron chi connectivity index (χ1n) is 9.64. The first-order chi connectivity index (χ1) is 12.3. The third-order valence-electron chi connectivity index (χ3n) is 5.58. The zero-order valence-corrected chi connectivity index (χ0v) is 16.6. The Labute approximate surface area is 158 Å². The van der Waals surface area contributed by atoms with Gasteiger partial charge in [-0.05, 0) is 73.3 Å². The molecule has 0 amide bonds. The molecule has 5 heteroatoms. The molecule has 25 heavy (non-hydrogen) atoms. The Bertz CT molecular complexity index is 739. The van der Waals surface area contributed by atoms with Gasteiger partial charge in [-0.2, -0.15) is 5.10 Å². The topological polar surface area (TPSA) is 33.1 Å². The maximum absolute atomic E-state index is 5.17. The van der Waals surface area contributed by atoms with Gasteiger partial charge in [0.25, 0.3) is 0 Å². The van der Waals surface area contributed by atoms with Crippen molar-refractivity contribution in [1.29, 1.82) is 0 Å². The molecule has 0 bridgehead atoms. The quantitative estimate of drug-likeness (QED) is 0.789. The Morgan fingerprint density at radius 1 is 1.20 bits per heavy atom. The molecule has 0 saturated carbocycles. The second-order valence-corrected chi connectivity index (χ2v) is 7.95. The summed E-state index contributed by atoms with van der Waals surface area (Å²) in [5, 5.41) is 8.84. The number of hydrogen-bond donors (Lipinski definition) is 1. The number of halogens is 1. The third kappa shape index (κ3) is 3.24. The molecular formula is C20H27BrN4. The van der Waals surface area contributed by atoms with Crippen molar-refractivity contribution in [2.45, 2.75) is 51.5 Å². The molecule has 1 aromatic heterocycles. The van der Waals surface area contributed by atoms with Crippen LogP contribution in [0.5, 0.6) is 0 Å². The smallest absolute Gasteiger partial charge is 0.133 e. The van der Waals surface area contributed by atoms with Crippen molar-refractivity contribution in [3.63, 3.8) is 0 Å². The average molecular weight is 403 g/mol. The van der Waals surface area contributed by atoms with E-state index < -0.39 is 0 Å². The number of para-hydroxylation sites is 1. The molecule has 1 fully saturated rings. The van der Waals surface area contributed by atoms with Gasteiger partial charge in [0.15, 0.2) is 0 Å². The highest BCUT2D eigenvalue weighted by atomic mass is 79.9. The summed E-state index contributed by atoms with van der Waals surface area (Å²) in [7, 11) is 0. The van der Waals surface area contributed by atoms with Gasteiger partial charge in [0, 0.05) is 16.6 Å². The van der Waals surface area contributed by atoms with Crippen LogP contribution < -0.4 is 5.32 Å². The number of hydrogen-bond acceptors (Lipinski definition) is 3. The number of benzene rings is 1. The lowest BCUT2D eigenvalue weighted by atomic mass is 9.95. The summed E-state index contributed by atoms with van der Waals surface area (Å²) in [6.45, 7) is 5.62. The molecule has 1 atom stereocenters. The Balaban J connectivity index is 1.83. The molecule has 0 radical (unpaired) electrons. The van der Waals surface area contributed by atoms with Crippen LogP contribution >= 0.6 is 15.9 Å². The van der Waals surface area contributed by atoms with Gasteiger partial charge in [-0.15, -0.1) is 0 Å². The average Bonchev–Trinajstić information content (AvgIpc) is 2.83. The van der Waals surface area contributed by atoms with Crippen molar-refractivity contribution in [3.05, 3.63) is 40.0 Å². The number of nitrogens with one attached hydrogen (secondary N) is 1. The maximum atomic E-state index is 5.17. The fourth-order valence-electron chi connectivity index (χ4n) is 4.27. The van der Waals surface area contributed by atoms with Crippen molar-refractivity contribution in [2.75, 3.05) is 25.0 Å². The summed E-state index contributed by atoms with van der Waals surface area (Å²) in [5.41, 5.74) is 3.87. The van der Waals surface area contributed by atoms with E-state index in [1.165, 1.54) is 55.7 Å². The van der Waals surface area contributed by atoms with Crippen LogP contribution in [0.15, 0.2) is 28.7 Å². The van der Waals surface area contributed by atoms with Gasteiger partial charge in [-0.25, -0.2) is 4.68 Å². The summed E-state index contributed by atoms with van der Waals surface area (Å²) in [6.07, 6.45) is 7.46. The van der Waals surface area contributed by atoms with Crippen LogP contribution in [0.25, 0.3) is 5.69 Å². The maximum Gasteiger partial charge on any atom is 0.133 e. The minimum absolute atomic E-state index is 0.469. The molecule has 4 nitrogen and oxygen atoms in total. The number of aromatic nitrogens is 2. The Morgan fingerprint density at radius 3 is 2.92 bits per heavy atom. The molecule has 4 rings (SSSR count). The zero-order valence-electron chi connectivity index (χ0n) is 15.0. The summed E-state index contributed by atoms with van der Waals surface area (Å²) < 4.78 is 3.23. The molecule has 0 aliphatic carbocycles. The normalized spacial score (nSPS) is 21.4. The van der Waals surface area contributed by atoms with E-state index in [0.717, 1.165) is 29.7 Å². The van der Waals surface area contributed by atoms with E-state index in [1.807, 2.05) is 0 Å². The summed E-state index contributed by atoms with van der Waals surface area (Å²) in [5.74, 6) is 1.21. The van der Waals surface area contributed by atoms with Crippen LogP contribution in [0.2, 0.25) is 0 Å². The second kappa shape index (κ2) is 7.50. The highest BCUT2D eigenvalue weighted by Crippen LogP contribution is 2.38. The molecule has 2 aliphatic rings. The van der Waals surface area contributed by atoms with E-state index in [0.29, 0.717) is 6.04 Å². The number of nitrogens with zero attached hydrogens (tertiary/aromatic N) is 3. The number of anilines is 1. The molecule has 0 spiro atoms. The van der Waals surface area contributed by atoms with E-state index >= 15 is 0 Å². The summed E-state index contributed by atoms with van der Waals surface area (Å²) in [6, 6.07) is 8.86. The molecule has 2 aromatic rings. The molecular weight excluding hydrogens is 376 g/mol. The molecule has 1 saturated heterocycles. The minimum Gasteiger partial charge on any atom is -0.370 e. The molecule has 1 N–H and O–H groups in total. The first-order valence-corrected chi connectivity index (χ1v) is 10.4. The van der Waals surface area contributed by atoms with Crippen LogP contribution in [-0.4, -0.2) is 34.3 Å². The summed E-state index contributed by atoms with van der Waals surface area (Å²) in [4.78, 5) is 2.61. The molecule has 134 valence electrons. The van der Waals surface area contributed by atoms with E-state index in [4.69, 9.17) is 5.10 Å². The van der Waals surface area contributed by atoms with E-state index in [2.05, 4.69) is 62.0 Å². The van der Waals surface area contributed by atoms with Gasteiger partial charge >= 0.3 is 0 Å². The Hall–Kier alpha value is -1.33. The predicted molar refractivity (Wildman–Crippen MR) is 107 cm³/mol. The minimum atomic E-state index is 0.469. The Kier molecular flexibility index (Phi) is 5.13. The summed E-state index contributed by atoms with van der Waals surface area (Å²) >= 11 is 3.71. The van der Waals surface area contributed by atoms with Crippen molar-refractivity contribution in [3.8, 4) is 5.69 Å². The van der Waals surface area contributed by atoms with Crippen molar-refractivity contribution >= 4 is 21.7 Å². The first kappa shape index (κ1) is 17.1. The monoisotopic (exact) mass is 402 g/mol. The Morgan fingerprint density at radius 2 is 2.08 bits per heavy atom. The van der Waals surface area contributed by atoms with E-state index in [1.54, 1.807) is 0 Å². The number of rotatable bonds is 3. The lowest BCUT2D eigenvalue weighted by Gasteiger charge is -2.34. The molecule has 3 heterocycles. The second-order valence-electron chi connectivity index (χ2n) is 7.10. The fourth-order valence-corrected chi connectivity index (χ4v) is 4.73. The third-order valence-corrected chi connectivity index (χ3v) is 6.25. The lowest BCUT2D eigenvalue weighted by Crippen LogP contribution is -2.34. The lowest BCUT2D eigenvalue weighted by molar-refractivity contribution is 0.152. The van der Waals surface area contributed by atoms with Crippen molar-refractivity contribution in [1.82, 2.24) is 14.7 Å². The fraction of sp³-hybridized carbons (Fsp3) is 0.550. The largest absolute Gasteiger partial charge is 0.370 e. The van der Waals surface area contributed by atoms with E-state index in [-0.39, 0.29) is 0 Å². The zero-order chi connectivity index (χ0) is 17.2. The number of piperidine rings is 1. The molecule has 2 aliphatic heterocycles. The van der Waals surface area contributed by atoms with Gasteiger partial charge in [0.05, 0.1) is 17.4 Å². The standard InChI is InChI=1S/C20H27BrN4/c1-2-24-14-8-6-12-18(24)19-15-9-5-7-13-22-20(15)25(23-19)17-11-4-3-10-16(17)21/h3-4,10-11,18,22H,2,5-9,12-14H2,1H3. The van der Waals surface area contributed by atoms with Gasteiger partial charge in [0.1, 0.15) is 5.82 Å². The van der Waals surface area contributed by atoms with Crippen LogP contribution in [0.3, 0.4) is 0 Å². The van der Waals surface area contributed by atoms with Crippen molar-refractivity contribution in [2.24, 2.45) is 0 Å². The highest BCUT2D eigenvalue weighted by Gasteiger charge is 2.31. The van der Waals surface area contributed by atoms with E-state index in [9.17, 15) is 0 Å². The van der Waals surface area contributed by atoms with Crippen LogP contribution in [0, 0.1) is 0 Å².